The normalized spacial score (nSPS) is 14.0. The number of benzene rings is 2. The summed E-state index contributed by atoms with van der Waals surface area (Å²) >= 11 is 1.55. The van der Waals surface area contributed by atoms with Crippen LogP contribution in [0.2, 0.25) is 0 Å². The summed E-state index contributed by atoms with van der Waals surface area (Å²) in [6, 6.07) is 17.6. The Balaban J connectivity index is 0.000000476. The second-order valence-electron chi connectivity index (χ2n) is 6.29. The fourth-order valence-electron chi connectivity index (χ4n) is 3.36. The average molecular weight is 448 g/mol. The molecule has 0 unspecified atom stereocenters. The van der Waals surface area contributed by atoms with Crippen LogP contribution in [-0.2, 0) is 24.2 Å². The van der Waals surface area contributed by atoms with Gasteiger partial charge in [-0.05, 0) is 22.3 Å². The van der Waals surface area contributed by atoms with Gasteiger partial charge in [-0.3, -0.25) is 6.08 Å². The van der Waals surface area contributed by atoms with E-state index in [9.17, 15) is 0 Å². The molecule has 2 aliphatic carbocycles. The molecule has 0 aromatic heterocycles. The third kappa shape index (κ3) is 4.70. The number of hydrogen-bond donors (Lipinski definition) is 0. The predicted octanol–water partition coefficient (Wildman–Crippen LogP) is -0.368. The Hall–Kier alpha value is -0.747. The Morgan fingerprint density at radius 3 is 1.76 bits per heavy atom. The molecule has 0 saturated carbocycles. The first-order valence-electron chi connectivity index (χ1n) is 8.07. The number of allylic oxidation sites excluding steroid dienone is 4. The van der Waals surface area contributed by atoms with Crippen molar-refractivity contribution in [1.82, 2.24) is 0 Å². The molecule has 2 aliphatic rings. The van der Waals surface area contributed by atoms with E-state index in [0.717, 1.165) is 6.42 Å². The molecule has 0 amide bonds. The van der Waals surface area contributed by atoms with Gasteiger partial charge in [0.05, 0.1) is 0 Å². The van der Waals surface area contributed by atoms with Gasteiger partial charge < -0.3 is 24.8 Å². The van der Waals surface area contributed by atoms with Gasteiger partial charge in [-0.2, -0.15) is 6.08 Å². The van der Waals surface area contributed by atoms with Crippen molar-refractivity contribution in [3.63, 3.8) is 0 Å². The van der Waals surface area contributed by atoms with Gasteiger partial charge in [0, 0.05) is 5.92 Å². The van der Waals surface area contributed by atoms with E-state index >= 15 is 0 Å². The summed E-state index contributed by atoms with van der Waals surface area (Å²) in [5.41, 5.74) is 8.39. The van der Waals surface area contributed by atoms with Crippen LogP contribution in [0.3, 0.4) is 0 Å². The van der Waals surface area contributed by atoms with E-state index in [1.807, 2.05) is 0 Å². The second kappa shape index (κ2) is 9.81. The minimum atomic E-state index is 0. The Morgan fingerprint density at radius 1 is 0.920 bits per heavy atom. The zero-order chi connectivity index (χ0) is 16.4. The van der Waals surface area contributed by atoms with Crippen molar-refractivity contribution >= 4 is 3.21 Å². The van der Waals surface area contributed by atoms with Gasteiger partial charge in [0.15, 0.2) is 0 Å². The second-order valence-corrected chi connectivity index (χ2v) is 8.75. The van der Waals surface area contributed by atoms with E-state index in [4.69, 9.17) is 0 Å². The fourth-order valence-corrected chi connectivity index (χ4v) is 3.36. The van der Waals surface area contributed by atoms with E-state index < -0.39 is 0 Å². The molecular formula is C22H21Cl2Zr-. The third-order valence-corrected chi connectivity index (χ3v) is 4.25. The summed E-state index contributed by atoms with van der Waals surface area (Å²) in [6.07, 6.45) is 6.79. The van der Waals surface area contributed by atoms with E-state index in [-0.39, 0.29) is 24.8 Å². The van der Waals surface area contributed by atoms with Gasteiger partial charge >= 0.3 is 41.3 Å². The van der Waals surface area contributed by atoms with Crippen molar-refractivity contribution in [2.24, 2.45) is 0 Å². The van der Waals surface area contributed by atoms with Gasteiger partial charge in [0.25, 0.3) is 0 Å². The van der Waals surface area contributed by atoms with Crippen LogP contribution in [0.1, 0.15) is 44.2 Å². The first-order valence-corrected chi connectivity index (χ1v) is 9.30. The molecule has 2 aromatic rings. The Morgan fingerprint density at radius 2 is 1.36 bits per heavy atom. The molecule has 128 valence electrons. The van der Waals surface area contributed by atoms with Crippen molar-refractivity contribution in [3.05, 3.63) is 83.0 Å². The zero-order valence-electron chi connectivity index (χ0n) is 14.7. The number of rotatable bonds is 1. The molecule has 0 atom stereocenters. The van der Waals surface area contributed by atoms with Gasteiger partial charge in [-0.25, -0.2) is 11.1 Å². The molecule has 0 spiro atoms. The molecule has 0 N–H and O–H groups in total. The number of halogens is 2. The van der Waals surface area contributed by atoms with Crippen molar-refractivity contribution < 1.29 is 49.0 Å². The fraction of sp³-hybridized carbons (Fsp3) is 0.227. The van der Waals surface area contributed by atoms with Crippen LogP contribution in [0.25, 0.3) is 11.1 Å². The van der Waals surface area contributed by atoms with Crippen LogP contribution in [0.15, 0.2) is 65.8 Å². The van der Waals surface area contributed by atoms with Crippen LogP contribution in [0, 0.1) is 6.08 Å². The molecule has 4 rings (SSSR count). The molecule has 0 nitrogen and oxygen atoms in total. The summed E-state index contributed by atoms with van der Waals surface area (Å²) in [5, 5.41) is 0. The summed E-state index contributed by atoms with van der Waals surface area (Å²) < 4.78 is 1.51. The van der Waals surface area contributed by atoms with Crippen LogP contribution in [-0.4, -0.2) is 3.21 Å². The minimum absolute atomic E-state index is 0. The Kier molecular flexibility index (Phi) is 8.75. The van der Waals surface area contributed by atoms with E-state index in [0.29, 0.717) is 5.92 Å². The smallest absolute Gasteiger partial charge is 1.00 e. The van der Waals surface area contributed by atoms with E-state index in [1.54, 1.807) is 24.2 Å². The monoisotopic (exact) mass is 445 g/mol. The van der Waals surface area contributed by atoms with Gasteiger partial charge in [0.2, 0.25) is 0 Å². The molecular weight excluding hydrogens is 426 g/mol. The number of hydrogen-bond acceptors (Lipinski definition) is 0. The molecule has 2 aromatic carbocycles. The molecule has 0 bridgehead atoms. The van der Waals surface area contributed by atoms with Crippen molar-refractivity contribution in [3.8, 4) is 11.1 Å². The van der Waals surface area contributed by atoms with Crippen LogP contribution in [0.5, 0.6) is 0 Å². The van der Waals surface area contributed by atoms with Crippen molar-refractivity contribution in [1.29, 1.82) is 0 Å². The maximum Gasteiger partial charge on any atom is -1.00 e. The first-order chi connectivity index (χ1) is 11.1. The van der Waals surface area contributed by atoms with Crippen LogP contribution in [0.4, 0.5) is 0 Å². The predicted molar refractivity (Wildman–Crippen MR) is 95.2 cm³/mol. The summed E-state index contributed by atoms with van der Waals surface area (Å²) in [6.45, 7) is 6.45. The molecule has 0 radical (unpaired) electrons. The van der Waals surface area contributed by atoms with Gasteiger partial charge in [0.1, 0.15) is 0 Å². The SMILES string of the molecule is CC1=CC[C-]=C1C1c2ccccc2-c2ccccc21.C[C](C)=[Zr+2].[Cl-].[Cl-]. The van der Waals surface area contributed by atoms with E-state index in [1.165, 1.54) is 36.6 Å². The molecule has 0 fully saturated rings. The van der Waals surface area contributed by atoms with Crippen molar-refractivity contribution in [2.45, 2.75) is 33.1 Å². The average Bonchev–Trinajstić information content (AvgIpc) is 3.08. The molecule has 0 aliphatic heterocycles. The van der Waals surface area contributed by atoms with Gasteiger partial charge in [-0.1, -0.05) is 48.5 Å². The molecule has 0 saturated heterocycles. The quantitative estimate of drug-likeness (QED) is 0.524. The molecule has 3 heteroatoms. The topological polar surface area (TPSA) is 0 Å². The van der Waals surface area contributed by atoms with Crippen LogP contribution < -0.4 is 24.8 Å². The number of fused-ring (bicyclic) bond motifs is 3. The summed E-state index contributed by atoms with van der Waals surface area (Å²) in [4.78, 5) is 0. The Bertz CT molecular complexity index is 769. The largest absolute Gasteiger partial charge is 1.00 e. The summed E-state index contributed by atoms with van der Waals surface area (Å²) in [7, 11) is 0. The molecule has 25 heavy (non-hydrogen) atoms. The standard InChI is InChI=1S/C19H15.C3H6.2ClH.Zr/c1-13-7-6-12-14(13)19-17-10-4-2-8-15(17)16-9-3-5-11-18(16)19;1-3-2;;;/h2-5,7-11,19H,6H2,1H3;1-2H3;2*1H;/q-1;;;;+2/p-2. The maximum atomic E-state index is 3.55. The zero-order valence-corrected chi connectivity index (χ0v) is 18.7. The van der Waals surface area contributed by atoms with E-state index in [2.05, 4.69) is 81.5 Å². The third-order valence-electron chi connectivity index (χ3n) is 4.25. The maximum absolute atomic E-state index is 3.55. The van der Waals surface area contributed by atoms with Crippen LogP contribution >= 0.6 is 0 Å². The van der Waals surface area contributed by atoms with Crippen molar-refractivity contribution in [2.75, 3.05) is 0 Å². The van der Waals surface area contributed by atoms with Gasteiger partial charge in [-0.15, -0.1) is 13.3 Å². The Labute approximate surface area is 178 Å². The molecule has 0 heterocycles. The first kappa shape index (κ1) is 22.3. The summed E-state index contributed by atoms with van der Waals surface area (Å²) in [5.74, 6) is 0.381. The minimum Gasteiger partial charge on any atom is -1.00 e.